The summed E-state index contributed by atoms with van der Waals surface area (Å²) < 4.78 is 40.1. The molecule has 0 saturated carbocycles. The van der Waals surface area contributed by atoms with Crippen molar-refractivity contribution in [2.45, 2.75) is 29.5 Å². The maximum absolute atomic E-state index is 14.0. The van der Waals surface area contributed by atoms with Crippen LogP contribution in [0, 0.1) is 11.3 Å². The van der Waals surface area contributed by atoms with E-state index in [1.54, 1.807) is 24.3 Å². The number of fused-ring (bicyclic) bond motifs is 1. The van der Waals surface area contributed by atoms with Crippen molar-refractivity contribution in [2.24, 2.45) is 0 Å². The number of hydrogen-bond donors (Lipinski definition) is 0. The summed E-state index contributed by atoms with van der Waals surface area (Å²) >= 11 is 0.184. The highest BCUT2D eigenvalue weighted by molar-refractivity contribution is 7.99. The molecule has 0 spiro atoms. The highest BCUT2D eigenvalue weighted by Gasteiger charge is 2.36. The largest absolute Gasteiger partial charge is 0.291 e. The van der Waals surface area contributed by atoms with Crippen LogP contribution in [0.25, 0.3) is 0 Å². The Morgan fingerprint density at radius 1 is 1.38 bits per heavy atom. The molecular formula is C13H9F3N4S. The Bertz CT molecular complexity index is 710. The number of alkyl halides is 3. The lowest BCUT2D eigenvalue weighted by Crippen LogP contribution is -2.09. The smallest absolute Gasteiger partial charge is 0.239 e. The van der Waals surface area contributed by atoms with Crippen LogP contribution in [-0.2, 0) is 0 Å². The summed E-state index contributed by atoms with van der Waals surface area (Å²) in [6.45, 7) is 0. The second kappa shape index (κ2) is 5.41. The van der Waals surface area contributed by atoms with Gasteiger partial charge in [-0.1, -0.05) is 18.2 Å². The highest BCUT2D eigenvalue weighted by atomic mass is 32.2. The lowest BCUT2D eigenvalue weighted by atomic mass is 9.99. The van der Waals surface area contributed by atoms with Gasteiger partial charge in [-0.2, -0.15) is 14.0 Å². The molecule has 8 heteroatoms. The van der Waals surface area contributed by atoms with Gasteiger partial charge >= 0.3 is 0 Å². The molecule has 0 fully saturated rings. The first-order valence-corrected chi connectivity index (χ1v) is 7.02. The van der Waals surface area contributed by atoms with E-state index in [9.17, 15) is 13.2 Å². The van der Waals surface area contributed by atoms with Gasteiger partial charge in [0.05, 0.1) is 17.7 Å². The summed E-state index contributed by atoms with van der Waals surface area (Å²) in [5.74, 6) is -2.62. The molecule has 2 unspecified atom stereocenters. The number of aromatic nitrogens is 3. The van der Waals surface area contributed by atoms with Crippen LogP contribution < -0.4 is 0 Å². The second-order valence-corrected chi connectivity index (χ2v) is 5.45. The first kappa shape index (κ1) is 13.9. The van der Waals surface area contributed by atoms with Crippen molar-refractivity contribution < 1.29 is 13.2 Å². The van der Waals surface area contributed by atoms with E-state index in [4.69, 9.17) is 5.26 Å². The zero-order valence-corrected chi connectivity index (χ0v) is 11.4. The van der Waals surface area contributed by atoms with E-state index in [0.717, 1.165) is 0 Å². The van der Waals surface area contributed by atoms with Gasteiger partial charge in [-0.25, -0.2) is 14.1 Å². The summed E-state index contributed by atoms with van der Waals surface area (Å²) in [5, 5.41) is 12.9. The highest BCUT2D eigenvalue weighted by Crippen LogP contribution is 2.41. The molecule has 0 saturated heterocycles. The maximum atomic E-state index is 14.0. The monoisotopic (exact) mass is 310 g/mol. The van der Waals surface area contributed by atoms with Crippen molar-refractivity contribution in [1.82, 2.24) is 14.8 Å². The van der Waals surface area contributed by atoms with E-state index in [2.05, 4.69) is 10.1 Å². The van der Waals surface area contributed by atoms with Crippen LogP contribution in [0.1, 0.15) is 35.6 Å². The zero-order valence-electron chi connectivity index (χ0n) is 10.6. The fraction of sp³-hybridized carbons (Fsp3) is 0.308. The number of halogens is 3. The number of hydrogen-bond acceptors (Lipinski definition) is 4. The third-order valence-electron chi connectivity index (χ3n) is 3.28. The molecular weight excluding hydrogens is 301 g/mol. The molecule has 2 atom stereocenters. The molecule has 0 radical (unpaired) electrons. The quantitative estimate of drug-likeness (QED) is 0.815. The molecule has 1 aromatic heterocycles. The number of nitrogens with zero attached hydrogens (tertiary/aromatic N) is 4. The maximum Gasteiger partial charge on any atom is 0.291 e. The normalized spacial score (nSPS) is 20.5. The standard InChI is InChI=1S/C13H9F3N4S/c14-9-5-10(8-4-2-1-3-7(8)6-17)20-11(9)18-13(19-20)21-12(15)16/h1-4,9-10,12H,5H2. The van der Waals surface area contributed by atoms with Crippen LogP contribution >= 0.6 is 11.8 Å². The Hall–Kier alpha value is -2.01. The number of nitriles is 1. The van der Waals surface area contributed by atoms with Crippen molar-refractivity contribution in [3.63, 3.8) is 0 Å². The average molecular weight is 310 g/mol. The van der Waals surface area contributed by atoms with E-state index >= 15 is 0 Å². The first-order chi connectivity index (χ1) is 10.1. The second-order valence-electron chi connectivity index (χ2n) is 4.49. The van der Waals surface area contributed by atoms with Crippen molar-refractivity contribution in [3.05, 3.63) is 41.2 Å². The average Bonchev–Trinajstić information content (AvgIpc) is 2.98. The van der Waals surface area contributed by atoms with E-state index in [1.165, 1.54) is 4.68 Å². The molecule has 0 bridgehead atoms. The van der Waals surface area contributed by atoms with Gasteiger partial charge in [-0.05, 0) is 23.4 Å². The predicted molar refractivity (Wildman–Crippen MR) is 69.6 cm³/mol. The van der Waals surface area contributed by atoms with Crippen LogP contribution in [-0.4, -0.2) is 20.5 Å². The molecule has 1 aliphatic heterocycles. The Balaban J connectivity index is 2.01. The lowest BCUT2D eigenvalue weighted by molar-refractivity contribution is 0.251. The molecule has 3 rings (SSSR count). The molecule has 108 valence electrons. The van der Waals surface area contributed by atoms with Crippen LogP contribution in [0.4, 0.5) is 13.2 Å². The molecule has 4 nitrogen and oxygen atoms in total. The molecule has 2 heterocycles. The van der Waals surface area contributed by atoms with Crippen LogP contribution in [0.15, 0.2) is 29.4 Å². The van der Waals surface area contributed by atoms with Gasteiger partial charge in [0.1, 0.15) is 0 Å². The molecule has 0 N–H and O–H groups in total. The zero-order chi connectivity index (χ0) is 15.0. The molecule has 2 aromatic rings. The Morgan fingerprint density at radius 2 is 2.14 bits per heavy atom. The van der Waals surface area contributed by atoms with Gasteiger partial charge in [0.15, 0.2) is 12.0 Å². The molecule has 0 aliphatic carbocycles. The van der Waals surface area contributed by atoms with Gasteiger partial charge in [0, 0.05) is 6.42 Å². The molecule has 0 amide bonds. The van der Waals surface area contributed by atoms with Gasteiger partial charge in [0.25, 0.3) is 5.76 Å². The van der Waals surface area contributed by atoms with Crippen LogP contribution in [0.3, 0.4) is 0 Å². The first-order valence-electron chi connectivity index (χ1n) is 6.14. The van der Waals surface area contributed by atoms with E-state index in [0.29, 0.717) is 11.1 Å². The minimum Gasteiger partial charge on any atom is -0.239 e. The Labute approximate surface area is 122 Å². The van der Waals surface area contributed by atoms with Gasteiger partial charge in [-0.15, -0.1) is 5.10 Å². The van der Waals surface area contributed by atoms with Crippen LogP contribution in [0.5, 0.6) is 0 Å². The topological polar surface area (TPSA) is 54.5 Å². The summed E-state index contributed by atoms with van der Waals surface area (Å²) in [7, 11) is 0. The van der Waals surface area contributed by atoms with E-state index in [-0.39, 0.29) is 29.2 Å². The number of rotatable bonds is 3. The van der Waals surface area contributed by atoms with Crippen LogP contribution in [0.2, 0.25) is 0 Å². The lowest BCUT2D eigenvalue weighted by Gasteiger charge is -2.13. The third kappa shape index (κ3) is 2.49. The fourth-order valence-electron chi connectivity index (χ4n) is 2.44. The minimum atomic E-state index is -2.66. The van der Waals surface area contributed by atoms with E-state index < -0.39 is 18.0 Å². The summed E-state index contributed by atoms with van der Waals surface area (Å²) in [6.07, 6.45) is -1.27. The summed E-state index contributed by atoms with van der Waals surface area (Å²) in [4.78, 5) is 3.82. The number of thioether (sulfide) groups is 1. The van der Waals surface area contributed by atoms with Gasteiger partial charge in [-0.3, -0.25) is 0 Å². The Kier molecular flexibility index (Phi) is 3.59. The van der Waals surface area contributed by atoms with Crippen molar-refractivity contribution in [1.29, 1.82) is 5.26 Å². The minimum absolute atomic E-state index is 0.0379. The summed E-state index contributed by atoms with van der Waals surface area (Å²) in [5.41, 5.74) is 1.04. The molecule has 1 aliphatic rings. The Morgan fingerprint density at radius 3 is 2.86 bits per heavy atom. The van der Waals surface area contributed by atoms with Crippen molar-refractivity contribution in [3.8, 4) is 6.07 Å². The van der Waals surface area contributed by atoms with E-state index in [1.807, 2.05) is 6.07 Å². The predicted octanol–water partition coefficient (Wildman–Crippen LogP) is 3.47. The number of benzene rings is 1. The molecule has 21 heavy (non-hydrogen) atoms. The van der Waals surface area contributed by atoms with Gasteiger partial charge < -0.3 is 0 Å². The third-order valence-corrected chi connectivity index (χ3v) is 3.84. The van der Waals surface area contributed by atoms with Crippen molar-refractivity contribution in [2.75, 3.05) is 0 Å². The fourth-order valence-corrected chi connectivity index (χ4v) is 2.88. The SMILES string of the molecule is N#Cc1ccccc1C1CC(F)c2nc(SC(F)F)nn21. The molecule has 1 aromatic carbocycles. The van der Waals surface area contributed by atoms with Crippen molar-refractivity contribution >= 4 is 11.8 Å². The van der Waals surface area contributed by atoms with Gasteiger partial charge in [0.2, 0.25) is 5.16 Å². The summed E-state index contributed by atoms with van der Waals surface area (Å²) in [6, 6.07) is 8.35.